The van der Waals surface area contributed by atoms with Crippen LogP contribution in [0.4, 0.5) is 18.9 Å². The highest BCUT2D eigenvalue weighted by Crippen LogP contribution is 2.34. The summed E-state index contributed by atoms with van der Waals surface area (Å²) in [6.45, 7) is 1.85. The number of halogens is 3. The standard InChI is InChI=1S/C31H23F3N4O6S/c1-2-43-23-13-7-19(8-14-23)25(39)17-44-29(42)20-5-11-22(12-6-20)38-27(40)15-26(28(38)41)45-30-36-24(16-35-37-30)18-3-9-21(10-4-18)31(32,33)34/h3-14,16,26H,2,15,17H2,1H3. The van der Waals surface area contributed by atoms with E-state index in [-0.39, 0.29) is 28.5 Å². The van der Waals surface area contributed by atoms with Gasteiger partial charge in [0, 0.05) is 17.5 Å². The highest BCUT2D eigenvalue weighted by Gasteiger charge is 2.41. The molecule has 2 amide bonds. The summed E-state index contributed by atoms with van der Waals surface area (Å²) in [5, 5.41) is 6.93. The molecule has 4 aromatic rings. The Morgan fingerprint density at radius 1 is 0.956 bits per heavy atom. The zero-order chi connectivity index (χ0) is 32.1. The quantitative estimate of drug-likeness (QED) is 0.126. The van der Waals surface area contributed by atoms with Crippen LogP contribution in [0.2, 0.25) is 0 Å². The number of aromatic nitrogens is 3. The predicted octanol–water partition coefficient (Wildman–Crippen LogP) is 5.42. The number of nitrogens with zero attached hydrogens (tertiary/aromatic N) is 4. The number of Topliss-reactive ketones (excluding diaryl/α,β-unsaturated/α-hetero) is 1. The number of hydrogen-bond acceptors (Lipinski definition) is 10. The number of thioether (sulfide) groups is 1. The summed E-state index contributed by atoms with van der Waals surface area (Å²) in [4.78, 5) is 56.1. The SMILES string of the molecule is CCOc1ccc(C(=O)COC(=O)c2ccc(N3C(=O)CC(Sc4nncc(-c5ccc(C(F)(F)F)cc5)n4)C3=O)cc2)cc1. The largest absolute Gasteiger partial charge is 0.494 e. The summed E-state index contributed by atoms with van der Waals surface area (Å²) in [5.41, 5.74) is 0.508. The molecule has 0 saturated carbocycles. The summed E-state index contributed by atoms with van der Waals surface area (Å²) in [7, 11) is 0. The first-order chi connectivity index (χ1) is 21.5. The minimum Gasteiger partial charge on any atom is -0.494 e. The molecule has 1 aliphatic heterocycles. The molecule has 1 saturated heterocycles. The highest BCUT2D eigenvalue weighted by molar-refractivity contribution is 8.00. The maximum absolute atomic E-state index is 13.2. The van der Waals surface area contributed by atoms with E-state index in [9.17, 15) is 32.3 Å². The maximum atomic E-state index is 13.2. The molecule has 2 heterocycles. The van der Waals surface area contributed by atoms with Gasteiger partial charge in [0.25, 0.3) is 0 Å². The average molecular weight is 637 g/mol. The van der Waals surface area contributed by atoms with Crippen molar-refractivity contribution in [2.75, 3.05) is 18.1 Å². The highest BCUT2D eigenvalue weighted by atomic mass is 32.2. The molecule has 230 valence electrons. The van der Waals surface area contributed by atoms with E-state index in [1.807, 2.05) is 6.92 Å². The zero-order valence-corrected chi connectivity index (χ0v) is 24.3. The van der Waals surface area contributed by atoms with E-state index < -0.39 is 47.2 Å². The van der Waals surface area contributed by atoms with Crippen molar-refractivity contribution in [3.05, 3.63) is 95.7 Å². The van der Waals surface area contributed by atoms with Crippen molar-refractivity contribution in [3.8, 4) is 17.0 Å². The molecule has 1 aliphatic rings. The van der Waals surface area contributed by atoms with Gasteiger partial charge in [0.15, 0.2) is 12.4 Å². The van der Waals surface area contributed by atoms with E-state index in [0.29, 0.717) is 23.5 Å². The fraction of sp³-hybridized carbons (Fsp3) is 0.194. The Bertz CT molecular complexity index is 1730. The summed E-state index contributed by atoms with van der Waals surface area (Å²) in [5.74, 6) is -1.57. The van der Waals surface area contributed by atoms with Crippen LogP contribution in [-0.2, 0) is 20.5 Å². The average Bonchev–Trinajstić information content (AvgIpc) is 3.31. The van der Waals surface area contributed by atoms with Crippen molar-refractivity contribution in [2.45, 2.75) is 29.9 Å². The van der Waals surface area contributed by atoms with Gasteiger partial charge < -0.3 is 9.47 Å². The molecule has 1 unspecified atom stereocenters. The lowest BCUT2D eigenvalue weighted by molar-refractivity contribution is -0.137. The molecule has 0 aliphatic carbocycles. The van der Waals surface area contributed by atoms with Crippen LogP contribution >= 0.6 is 11.8 Å². The molecule has 1 aromatic heterocycles. The first-order valence-electron chi connectivity index (χ1n) is 13.5. The lowest BCUT2D eigenvalue weighted by Gasteiger charge is -2.15. The zero-order valence-electron chi connectivity index (χ0n) is 23.5. The van der Waals surface area contributed by atoms with Crippen molar-refractivity contribution in [1.29, 1.82) is 0 Å². The summed E-state index contributed by atoms with van der Waals surface area (Å²) in [6, 6.07) is 16.4. The first kappa shape index (κ1) is 31.3. The van der Waals surface area contributed by atoms with Gasteiger partial charge >= 0.3 is 12.1 Å². The number of alkyl halides is 3. The van der Waals surface area contributed by atoms with Gasteiger partial charge in [-0.3, -0.25) is 14.4 Å². The number of hydrogen-bond donors (Lipinski definition) is 0. The van der Waals surface area contributed by atoms with Crippen molar-refractivity contribution in [3.63, 3.8) is 0 Å². The third-order valence-electron chi connectivity index (χ3n) is 6.58. The second-order valence-electron chi connectivity index (χ2n) is 9.58. The Labute approximate surface area is 258 Å². The van der Waals surface area contributed by atoms with Crippen molar-refractivity contribution >= 4 is 41.0 Å². The third kappa shape index (κ3) is 7.34. The second-order valence-corrected chi connectivity index (χ2v) is 10.8. The third-order valence-corrected chi connectivity index (χ3v) is 7.62. The first-order valence-corrected chi connectivity index (χ1v) is 14.4. The van der Waals surface area contributed by atoms with Gasteiger partial charge in [-0.25, -0.2) is 14.7 Å². The van der Waals surface area contributed by atoms with E-state index in [0.717, 1.165) is 28.8 Å². The number of carbonyl (C=O) groups excluding carboxylic acids is 4. The molecule has 5 rings (SSSR count). The van der Waals surface area contributed by atoms with Crippen LogP contribution in [0.1, 0.15) is 39.6 Å². The maximum Gasteiger partial charge on any atom is 0.416 e. The Morgan fingerprint density at radius 3 is 2.27 bits per heavy atom. The number of ketones is 1. The predicted molar refractivity (Wildman–Crippen MR) is 156 cm³/mol. The van der Waals surface area contributed by atoms with Gasteiger partial charge in [-0.1, -0.05) is 23.9 Å². The second kappa shape index (κ2) is 13.3. The number of amides is 2. The van der Waals surface area contributed by atoms with E-state index in [4.69, 9.17) is 9.47 Å². The Hall–Kier alpha value is -5.11. The van der Waals surface area contributed by atoms with Crippen molar-refractivity contribution in [1.82, 2.24) is 15.2 Å². The van der Waals surface area contributed by atoms with Gasteiger partial charge in [0.1, 0.15) is 11.0 Å². The Kier molecular flexibility index (Phi) is 9.23. The summed E-state index contributed by atoms with van der Waals surface area (Å²) in [6.07, 6.45) is -3.36. The molecule has 14 heteroatoms. The molecule has 1 atom stereocenters. The topological polar surface area (TPSA) is 129 Å². The molecule has 0 spiro atoms. The monoisotopic (exact) mass is 636 g/mol. The van der Waals surface area contributed by atoms with Gasteiger partial charge in [-0.05, 0) is 67.6 Å². The number of esters is 1. The van der Waals surface area contributed by atoms with Crippen LogP contribution in [-0.4, -0.2) is 57.2 Å². The van der Waals surface area contributed by atoms with Gasteiger partial charge in [0.2, 0.25) is 17.0 Å². The van der Waals surface area contributed by atoms with Gasteiger partial charge in [0.05, 0.1) is 35.3 Å². The van der Waals surface area contributed by atoms with E-state index in [2.05, 4.69) is 15.2 Å². The molecule has 45 heavy (non-hydrogen) atoms. The lowest BCUT2D eigenvalue weighted by atomic mass is 10.1. The number of rotatable bonds is 10. The van der Waals surface area contributed by atoms with E-state index in [1.165, 1.54) is 42.6 Å². The molecule has 0 N–H and O–H groups in total. The normalized spacial score (nSPS) is 14.8. The number of imide groups is 1. The molecule has 0 radical (unpaired) electrons. The van der Waals surface area contributed by atoms with Crippen LogP contribution in [0.25, 0.3) is 11.3 Å². The van der Waals surface area contributed by atoms with E-state index >= 15 is 0 Å². The number of anilines is 1. The van der Waals surface area contributed by atoms with Crippen LogP contribution in [0.5, 0.6) is 5.75 Å². The smallest absolute Gasteiger partial charge is 0.416 e. The molecule has 10 nitrogen and oxygen atoms in total. The molecular formula is C31H23F3N4O6S. The minimum absolute atomic E-state index is 0.0678. The summed E-state index contributed by atoms with van der Waals surface area (Å²) >= 11 is 0.906. The molecule has 1 fully saturated rings. The van der Waals surface area contributed by atoms with Crippen LogP contribution in [0, 0.1) is 0 Å². The molecule has 0 bridgehead atoms. The number of ether oxygens (including phenoxy) is 2. The summed E-state index contributed by atoms with van der Waals surface area (Å²) < 4.78 is 49.1. The van der Waals surface area contributed by atoms with E-state index in [1.54, 1.807) is 24.3 Å². The molecule has 3 aromatic carbocycles. The lowest BCUT2D eigenvalue weighted by Crippen LogP contribution is -2.31. The van der Waals surface area contributed by atoms with Crippen LogP contribution in [0.3, 0.4) is 0 Å². The Balaban J connectivity index is 1.19. The van der Waals surface area contributed by atoms with Crippen LogP contribution in [0.15, 0.2) is 84.1 Å². The van der Waals surface area contributed by atoms with Gasteiger partial charge in [-0.15, -0.1) is 5.10 Å². The number of benzene rings is 3. The molecular weight excluding hydrogens is 613 g/mol. The van der Waals surface area contributed by atoms with Crippen LogP contribution < -0.4 is 9.64 Å². The fourth-order valence-electron chi connectivity index (χ4n) is 4.35. The Morgan fingerprint density at radius 2 is 1.62 bits per heavy atom. The number of carbonyl (C=O) groups is 4. The van der Waals surface area contributed by atoms with Crippen molar-refractivity contribution in [2.24, 2.45) is 0 Å². The van der Waals surface area contributed by atoms with Gasteiger partial charge in [-0.2, -0.15) is 18.3 Å². The fourth-order valence-corrected chi connectivity index (χ4v) is 5.28. The minimum atomic E-state index is -4.48. The van der Waals surface area contributed by atoms with Crippen molar-refractivity contribution < 1.29 is 41.8 Å².